The minimum absolute atomic E-state index is 0.712. The minimum atomic E-state index is 0.712. The van der Waals surface area contributed by atoms with Gasteiger partial charge in [-0.15, -0.1) is 0 Å². The van der Waals surface area contributed by atoms with Crippen molar-refractivity contribution in [3.05, 3.63) is 0 Å². The van der Waals surface area contributed by atoms with E-state index in [0.29, 0.717) is 5.41 Å². The summed E-state index contributed by atoms with van der Waals surface area (Å²) in [7, 11) is 0. The summed E-state index contributed by atoms with van der Waals surface area (Å²) in [5, 5.41) is 0. The van der Waals surface area contributed by atoms with E-state index in [1.165, 1.54) is 32.1 Å². The second-order valence-corrected chi connectivity index (χ2v) is 4.93. The van der Waals surface area contributed by atoms with Crippen LogP contribution in [0.15, 0.2) is 0 Å². The molecule has 12 heavy (non-hydrogen) atoms. The predicted molar refractivity (Wildman–Crippen MR) is 55.2 cm³/mol. The molecule has 0 radical (unpaired) electrons. The average Bonchev–Trinajstić information content (AvgIpc) is 2.03. The van der Waals surface area contributed by atoms with Crippen LogP contribution in [0.3, 0.4) is 0 Å². The molecule has 1 rings (SSSR count). The number of rotatable bonds is 4. The van der Waals surface area contributed by atoms with E-state index in [-0.39, 0.29) is 0 Å². The van der Waals surface area contributed by atoms with Crippen LogP contribution in [-0.4, -0.2) is 0 Å². The second kappa shape index (κ2) is 3.81. The molecule has 3 atom stereocenters. The van der Waals surface area contributed by atoms with Crippen molar-refractivity contribution >= 4 is 0 Å². The van der Waals surface area contributed by atoms with Crippen LogP contribution in [0, 0.1) is 17.3 Å². The highest BCUT2D eigenvalue weighted by Gasteiger charge is 2.43. The van der Waals surface area contributed by atoms with Crippen molar-refractivity contribution in [3.8, 4) is 0 Å². The third-order valence-electron chi connectivity index (χ3n) is 4.07. The van der Waals surface area contributed by atoms with Crippen LogP contribution in [0.4, 0.5) is 0 Å². The molecular formula is C12H24. The quantitative estimate of drug-likeness (QED) is 0.588. The zero-order chi connectivity index (χ0) is 9.19. The average molecular weight is 168 g/mol. The lowest BCUT2D eigenvalue weighted by atomic mass is 9.55. The highest BCUT2D eigenvalue weighted by molar-refractivity contribution is 4.93. The molecule has 0 bridgehead atoms. The fourth-order valence-electron chi connectivity index (χ4n) is 2.94. The Bertz CT molecular complexity index is 139. The Labute approximate surface area is 77.7 Å². The van der Waals surface area contributed by atoms with Gasteiger partial charge in [-0.25, -0.2) is 0 Å². The molecule has 2 unspecified atom stereocenters. The van der Waals surface area contributed by atoms with Gasteiger partial charge in [-0.3, -0.25) is 0 Å². The topological polar surface area (TPSA) is 0 Å². The van der Waals surface area contributed by atoms with Crippen LogP contribution in [0.1, 0.15) is 59.8 Å². The summed E-state index contributed by atoms with van der Waals surface area (Å²) in [6.07, 6.45) is 7.15. The Kier molecular flexibility index (Phi) is 3.20. The maximum absolute atomic E-state index is 2.50. The molecule has 0 aromatic rings. The first-order chi connectivity index (χ1) is 5.64. The number of hydrogen-bond acceptors (Lipinski definition) is 0. The van der Waals surface area contributed by atoms with Crippen LogP contribution in [-0.2, 0) is 0 Å². The van der Waals surface area contributed by atoms with Gasteiger partial charge in [0.1, 0.15) is 0 Å². The first-order valence-electron chi connectivity index (χ1n) is 5.64. The smallest absolute Gasteiger partial charge is 0.0295 e. The van der Waals surface area contributed by atoms with Gasteiger partial charge in [-0.05, 0) is 36.5 Å². The van der Waals surface area contributed by atoms with Crippen LogP contribution in [0.25, 0.3) is 0 Å². The van der Waals surface area contributed by atoms with E-state index in [9.17, 15) is 0 Å². The van der Waals surface area contributed by atoms with Crippen LogP contribution >= 0.6 is 0 Å². The van der Waals surface area contributed by atoms with E-state index in [1.807, 2.05) is 0 Å². The molecule has 0 saturated heterocycles. The van der Waals surface area contributed by atoms with Gasteiger partial charge in [0, 0.05) is 0 Å². The van der Waals surface area contributed by atoms with Crippen molar-refractivity contribution in [1.29, 1.82) is 0 Å². The molecule has 1 aliphatic rings. The molecule has 0 aromatic heterocycles. The Morgan fingerprint density at radius 3 is 2.42 bits per heavy atom. The lowest BCUT2D eigenvalue weighted by Crippen LogP contribution is -2.41. The zero-order valence-corrected chi connectivity index (χ0v) is 9.19. The second-order valence-electron chi connectivity index (χ2n) is 4.93. The third-order valence-corrected chi connectivity index (χ3v) is 4.07. The fraction of sp³-hybridized carbons (Fsp3) is 1.00. The number of hydrogen-bond donors (Lipinski definition) is 0. The molecule has 0 amide bonds. The van der Waals surface area contributed by atoms with Gasteiger partial charge in [0.05, 0.1) is 0 Å². The van der Waals surface area contributed by atoms with Crippen molar-refractivity contribution in [1.82, 2.24) is 0 Å². The molecule has 1 saturated carbocycles. The molecule has 0 N–H and O–H groups in total. The largest absolute Gasteiger partial charge is 0.0654 e. The Morgan fingerprint density at radius 2 is 2.08 bits per heavy atom. The highest BCUT2D eigenvalue weighted by Crippen LogP contribution is 2.53. The fourth-order valence-corrected chi connectivity index (χ4v) is 2.94. The van der Waals surface area contributed by atoms with E-state index in [2.05, 4.69) is 27.7 Å². The molecule has 0 aliphatic heterocycles. The lowest BCUT2D eigenvalue weighted by molar-refractivity contribution is -0.00163. The minimum Gasteiger partial charge on any atom is -0.0654 e. The van der Waals surface area contributed by atoms with Gasteiger partial charge >= 0.3 is 0 Å². The van der Waals surface area contributed by atoms with Gasteiger partial charge in [-0.2, -0.15) is 0 Å². The molecule has 1 fully saturated rings. The van der Waals surface area contributed by atoms with Crippen molar-refractivity contribution in [2.24, 2.45) is 17.3 Å². The van der Waals surface area contributed by atoms with Crippen molar-refractivity contribution < 1.29 is 0 Å². The van der Waals surface area contributed by atoms with E-state index < -0.39 is 0 Å². The van der Waals surface area contributed by atoms with Crippen molar-refractivity contribution in [3.63, 3.8) is 0 Å². The van der Waals surface area contributed by atoms with Gasteiger partial charge in [-0.1, -0.05) is 40.5 Å². The zero-order valence-electron chi connectivity index (χ0n) is 9.19. The predicted octanol–water partition coefficient (Wildman–Crippen LogP) is 4.25. The van der Waals surface area contributed by atoms with Gasteiger partial charge < -0.3 is 0 Å². The first kappa shape index (κ1) is 10.1. The molecule has 1 aliphatic carbocycles. The molecule has 0 aromatic carbocycles. The molecule has 0 spiro atoms. The van der Waals surface area contributed by atoms with Gasteiger partial charge in [0.25, 0.3) is 0 Å². The van der Waals surface area contributed by atoms with E-state index >= 15 is 0 Å². The molecular weight excluding hydrogens is 144 g/mol. The molecule has 72 valence electrons. The standard InChI is InChI=1S/C12H24/c1-5-8-12(4)9-7-11(12)10(3)6-2/h10-11H,5-9H2,1-4H3/t10-,11?,12?/m0/s1. The Balaban J connectivity index is 2.46. The van der Waals surface area contributed by atoms with E-state index in [4.69, 9.17) is 0 Å². The van der Waals surface area contributed by atoms with E-state index in [0.717, 1.165) is 11.8 Å². The first-order valence-corrected chi connectivity index (χ1v) is 5.64. The summed E-state index contributed by atoms with van der Waals surface area (Å²) >= 11 is 0. The summed E-state index contributed by atoms with van der Waals surface area (Å²) < 4.78 is 0. The van der Waals surface area contributed by atoms with Crippen molar-refractivity contribution in [2.45, 2.75) is 59.8 Å². The third kappa shape index (κ3) is 1.67. The van der Waals surface area contributed by atoms with Crippen LogP contribution in [0.2, 0.25) is 0 Å². The lowest BCUT2D eigenvalue weighted by Gasteiger charge is -2.50. The highest BCUT2D eigenvalue weighted by atomic mass is 14.5. The monoisotopic (exact) mass is 168 g/mol. The normalized spacial score (nSPS) is 37.5. The van der Waals surface area contributed by atoms with E-state index in [1.54, 1.807) is 0 Å². The maximum Gasteiger partial charge on any atom is -0.0295 e. The van der Waals surface area contributed by atoms with Crippen LogP contribution < -0.4 is 0 Å². The molecule has 0 nitrogen and oxygen atoms in total. The Hall–Kier alpha value is 0. The SMILES string of the molecule is CCCC1(C)CCC1[C@@H](C)CC. The summed E-state index contributed by atoms with van der Waals surface area (Å²) in [4.78, 5) is 0. The maximum atomic E-state index is 2.50. The van der Waals surface area contributed by atoms with Gasteiger partial charge in [0.15, 0.2) is 0 Å². The molecule has 0 heteroatoms. The summed E-state index contributed by atoms with van der Waals surface area (Å²) in [5.74, 6) is 1.98. The Morgan fingerprint density at radius 1 is 1.42 bits per heavy atom. The summed E-state index contributed by atoms with van der Waals surface area (Å²) in [5.41, 5.74) is 0.712. The van der Waals surface area contributed by atoms with Crippen LogP contribution in [0.5, 0.6) is 0 Å². The van der Waals surface area contributed by atoms with Gasteiger partial charge in [0.2, 0.25) is 0 Å². The van der Waals surface area contributed by atoms with Crippen molar-refractivity contribution in [2.75, 3.05) is 0 Å². The summed E-state index contributed by atoms with van der Waals surface area (Å²) in [6.45, 7) is 9.57. The molecule has 0 heterocycles. The summed E-state index contributed by atoms with van der Waals surface area (Å²) in [6, 6.07) is 0.